The van der Waals surface area contributed by atoms with Gasteiger partial charge in [0.25, 0.3) is 0 Å². The van der Waals surface area contributed by atoms with Crippen molar-refractivity contribution >= 4 is 29.2 Å². The molecule has 31 heavy (non-hydrogen) atoms. The first-order chi connectivity index (χ1) is 15.0. The highest BCUT2D eigenvalue weighted by Crippen LogP contribution is 2.26. The van der Waals surface area contributed by atoms with Crippen LogP contribution in [0.4, 0.5) is 11.4 Å². The molecule has 0 atom stereocenters. The van der Waals surface area contributed by atoms with Gasteiger partial charge in [0.05, 0.1) is 31.1 Å². The molecule has 2 aromatic rings. The largest absolute Gasteiger partial charge is 0.473 e. The Kier molecular flexibility index (Phi) is 9.99. The molecule has 0 radical (unpaired) electrons. The van der Waals surface area contributed by atoms with Gasteiger partial charge in [0.2, 0.25) is 5.91 Å². The van der Waals surface area contributed by atoms with Crippen LogP contribution in [0.15, 0.2) is 54.6 Å². The second-order valence-electron chi connectivity index (χ2n) is 6.69. The van der Waals surface area contributed by atoms with E-state index in [0.29, 0.717) is 6.54 Å². The number of nitrogens with zero attached hydrogens (tertiary/aromatic N) is 1. The third-order valence-corrected chi connectivity index (χ3v) is 4.43. The number of amides is 1. The van der Waals surface area contributed by atoms with Gasteiger partial charge in [-0.3, -0.25) is 4.79 Å². The number of carbonyl (C=O) groups excluding carboxylic acids is 1. The third kappa shape index (κ3) is 8.85. The highest BCUT2D eigenvalue weighted by molar-refractivity contribution is 6.27. The number of hydrogen-bond donors (Lipinski definition) is 4. The molecule has 1 amide bonds. The molecule has 0 aliphatic carbocycles. The lowest BCUT2D eigenvalue weighted by atomic mass is 10.1. The molecule has 9 nitrogen and oxygen atoms in total. The maximum Gasteiger partial charge on any atom is 0.414 e. The zero-order valence-electron chi connectivity index (χ0n) is 17.1. The fourth-order valence-electron chi connectivity index (χ4n) is 2.93. The molecule has 166 valence electrons. The maximum absolute atomic E-state index is 12.2. The van der Waals surface area contributed by atoms with Crippen molar-refractivity contribution in [3.05, 3.63) is 60.2 Å². The number of morpholine rings is 1. The summed E-state index contributed by atoms with van der Waals surface area (Å²) in [5, 5.41) is 21.0. The van der Waals surface area contributed by atoms with Gasteiger partial charge in [-0.25, -0.2) is 9.59 Å². The Morgan fingerprint density at radius 3 is 2.16 bits per heavy atom. The Bertz CT molecular complexity index is 841. The van der Waals surface area contributed by atoms with E-state index >= 15 is 0 Å². The summed E-state index contributed by atoms with van der Waals surface area (Å²) < 4.78 is 5.41. The number of benzene rings is 2. The van der Waals surface area contributed by atoms with Gasteiger partial charge in [-0.05, 0) is 30.7 Å². The van der Waals surface area contributed by atoms with Crippen LogP contribution in [0.25, 0.3) is 0 Å². The van der Waals surface area contributed by atoms with E-state index in [-0.39, 0.29) is 5.91 Å². The summed E-state index contributed by atoms with van der Waals surface area (Å²) in [6, 6.07) is 18.2. The molecule has 0 unspecified atom stereocenters. The van der Waals surface area contributed by atoms with E-state index in [1.54, 1.807) is 0 Å². The molecule has 4 N–H and O–H groups in total. The van der Waals surface area contributed by atoms with Crippen molar-refractivity contribution in [3.8, 4) is 0 Å². The van der Waals surface area contributed by atoms with Crippen molar-refractivity contribution in [2.24, 2.45) is 0 Å². The van der Waals surface area contributed by atoms with E-state index in [0.717, 1.165) is 50.6 Å². The van der Waals surface area contributed by atoms with Crippen LogP contribution in [0.3, 0.4) is 0 Å². The van der Waals surface area contributed by atoms with E-state index in [2.05, 4.69) is 27.7 Å². The van der Waals surface area contributed by atoms with Gasteiger partial charge in [0.1, 0.15) is 0 Å². The fraction of sp³-hybridized carbons (Fsp3) is 0.318. The second-order valence-corrected chi connectivity index (χ2v) is 6.69. The number of para-hydroxylation sites is 2. The third-order valence-electron chi connectivity index (χ3n) is 4.43. The van der Waals surface area contributed by atoms with Gasteiger partial charge in [0.15, 0.2) is 0 Å². The summed E-state index contributed by atoms with van der Waals surface area (Å²) in [6.45, 7) is 4.24. The maximum atomic E-state index is 12.2. The van der Waals surface area contributed by atoms with Crippen LogP contribution < -0.4 is 15.5 Å². The Hall–Kier alpha value is -3.43. The van der Waals surface area contributed by atoms with Crippen molar-refractivity contribution < 1.29 is 29.3 Å². The van der Waals surface area contributed by atoms with Crippen LogP contribution in [0, 0.1) is 0 Å². The van der Waals surface area contributed by atoms with Gasteiger partial charge in [-0.2, -0.15) is 0 Å². The molecular formula is C22H27N3O6. The lowest BCUT2D eigenvalue weighted by Gasteiger charge is -2.30. The number of anilines is 2. The van der Waals surface area contributed by atoms with E-state index in [4.69, 9.17) is 24.5 Å². The number of hydrogen-bond acceptors (Lipinski definition) is 6. The Morgan fingerprint density at radius 2 is 1.52 bits per heavy atom. The molecule has 2 aromatic carbocycles. The molecule has 0 saturated carbocycles. The van der Waals surface area contributed by atoms with Gasteiger partial charge in [0, 0.05) is 13.1 Å². The molecular weight excluding hydrogens is 402 g/mol. The first-order valence-electron chi connectivity index (χ1n) is 9.90. The number of carboxylic acids is 2. The summed E-state index contributed by atoms with van der Waals surface area (Å²) in [6.07, 6.45) is 0.915. The minimum absolute atomic E-state index is 0.0197. The zero-order chi connectivity index (χ0) is 22.5. The van der Waals surface area contributed by atoms with Crippen LogP contribution in [0.5, 0.6) is 0 Å². The quantitative estimate of drug-likeness (QED) is 0.385. The van der Waals surface area contributed by atoms with Crippen LogP contribution in [-0.2, 0) is 25.5 Å². The number of ether oxygens (including phenoxy) is 1. The van der Waals surface area contributed by atoms with Crippen molar-refractivity contribution in [1.82, 2.24) is 5.32 Å². The van der Waals surface area contributed by atoms with Crippen molar-refractivity contribution in [3.63, 3.8) is 0 Å². The summed E-state index contributed by atoms with van der Waals surface area (Å²) in [4.78, 5) is 32.7. The van der Waals surface area contributed by atoms with Crippen molar-refractivity contribution in [2.75, 3.05) is 49.6 Å². The van der Waals surface area contributed by atoms with Crippen molar-refractivity contribution in [2.45, 2.75) is 6.42 Å². The molecule has 0 aromatic heterocycles. The zero-order valence-corrected chi connectivity index (χ0v) is 17.1. The Balaban J connectivity index is 0.000000501. The predicted octanol–water partition coefficient (Wildman–Crippen LogP) is 1.45. The second kappa shape index (κ2) is 13.0. The highest BCUT2D eigenvalue weighted by atomic mass is 16.5. The molecule has 9 heteroatoms. The van der Waals surface area contributed by atoms with Gasteiger partial charge < -0.3 is 30.5 Å². The highest BCUT2D eigenvalue weighted by Gasteiger charge is 2.15. The molecule has 0 bridgehead atoms. The molecule has 1 aliphatic heterocycles. The summed E-state index contributed by atoms with van der Waals surface area (Å²) in [5.74, 6) is -3.67. The number of nitrogens with one attached hydrogen (secondary N) is 2. The van der Waals surface area contributed by atoms with Crippen LogP contribution >= 0.6 is 0 Å². The van der Waals surface area contributed by atoms with Gasteiger partial charge >= 0.3 is 11.9 Å². The van der Waals surface area contributed by atoms with E-state index in [1.807, 2.05) is 42.5 Å². The van der Waals surface area contributed by atoms with Crippen LogP contribution in [-0.4, -0.2) is 67.5 Å². The fourth-order valence-corrected chi connectivity index (χ4v) is 2.93. The number of aliphatic carboxylic acids is 2. The lowest BCUT2D eigenvalue weighted by Crippen LogP contribution is -2.37. The monoisotopic (exact) mass is 429 g/mol. The molecule has 1 aliphatic rings. The SMILES string of the molecule is O=C(CNCCc1ccccc1)Nc1ccccc1N1CCOCC1.O=C(O)C(=O)O. The Labute approximate surface area is 180 Å². The number of carboxylic acid groups (broad SMARTS) is 2. The lowest BCUT2D eigenvalue weighted by molar-refractivity contribution is -0.159. The smallest absolute Gasteiger partial charge is 0.414 e. The average molecular weight is 429 g/mol. The normalized spacial score (nSPS) is 13.0. The van der Waals surface area contributed by atoms with Gasteiger partial charge in [-0.15, -0.1) is 0 Å². The molecule has 1 fully saturated rings. The minimum atomic E-state index is -1.82. The summed E-state index contributed by atoms with van der Waals surface area (Å²) in [7, 11) is 0. The first kappa shape index (κ1) is 23.8. The molecule has 0 spiro atoms. The number of rotatable bonds is 7. The molecule has 1 saturated heterocycles. The van der Waals surface area contributed by atoms with Crippen LogP contribution in [0.2, 0.25) is 0 Å². The average Bonchev–Trinajstić information content (AvgIpc) is 2.79. The minimum Gasteiger partial charge on any atom is -0.473 e. The topological polar surface area (TPSA) is 128 Å². The standard InChI is InChI=1S/C20H25N3O2.C2H2O4/c24-20(16-21-11-10-17-6-2-1-3-7-17)22-18-8-4-5-9-19(18)23-12-14-25-15-13-23;3-1(4)2(5)6/h1-9,21H,10-16H2,(H,22,24);(H,3,4)(H,5,6). The first-order valence-corrected chi connectivity index (χ1v) is 9.90. The molecule has 1 heterocycles. The summed E-state index contributed by atoms with van der Waals surface area (Å²) >= 11 is 0. The number of carbonyl (C=O) groups is 3. The van der Waals surface area contributed by atoms with Crippen LogP contribution in [0.1, 0.15) is 5.56 Å². The van der Waals surface area contributed by atoms with E-state index in [9.17, 15) is 4.79 Å². The Morgan fingerprint density at radius 1 is 0.903 bits per heavy atom. The van der Waals surface area contributed by atoms with E-state index in [1.165, 1.54) is 5.56 Å². The molecule has 3 rings (SSSR count). The summed E-state index contributed by atoms with van der Waals surface area (Å²) in [5.41, 5.74) is 3.19. The van der Waals surface area contributed by atoms with Crippen molar-refractivity contribution in [1.29, 1.82) is 0 Å². The predicted molar refractivity (Wildman–Crippen MR) is 116 cm³/mol. The van der Waals surface area contributed by atoms with Gasteiger partial charge in [-0.1, -0.05) is 42.5 Å². The van der Waals surface area contributed by atoms with E-state index < -0.39 is 11.9 Å².